The Balaban J connectivity index is 1.88. The molecule has 160 valence electrons. The third-order valence-electron chi connectivity index (χ3n) is 4.58. The van der Waals surface area contributed by atoms with E-state index in [0.717, 1.165) is 15.4 Å². The molecule has 1 amide bonds. The maximum absolute atomic E-state index is 12.8. The van der Waals surface area contributed by atoms with E-state index >= 15 is 0 Å². The zero-order valence-electron chi connectivity index (χ0n) is 17.8. The first-order valence-electron chi connectivity index (χ1n) is 9.60. The van der Waals surface area contributed by atoms with E-state index in [-0.39, 0.29) is 10.5 Å². The van der Waals surface area contributed by atoms with Gasteiger partial charge >= 0.3 is 0 Å². The van der Waals surface area contributed by atoms with E-state index in [2.05, 4.69) is 15.5 Å². The standard InChI is InChI=1S/C23H24N4O3S/c1-16-8-11-19(12-9-16)25-26-22-14-17(2)10-13-21(22)24-23(28)18-6-5-7-20(15-18)31(29,30)27(3)4/h5-15H,1-4H3,(H,24,28). The van der Waals surface area contributed by atoms with Crippen molar-refractivity contribution in [2.24, 2.45) is 10.2 Å². The van der Waals surface area contributed by atoms with Gasteiger partial charge in [0.25, 0.3) is 5.91 Å². The molecule has 0 bridgehead atoms. The molecule has 3 aromatic carbocycles. The summed E-state index contributed by atoms with van der Waals surface area (Å²) in [5, 5.41) is 11.4. The summed E-state index contributed by atoms with van der Waals surface area (Å²) in [7, 11) is -0.754. The monoisotopic (exact) mass is 436 g/mol. The minimum absolute atomic E-state index is 0.0494. The number of hydrogen-bond acceptors (Lipinski definition) is 5. The number of nitrogens with one attached hydrogen (secondary N) is 1. The van der Waals surface area contributed by atoms with Crippen LogP contribution >= 0.6 is 0 Å². The van der Waals surface area contributed by atoms with Gasteiger partial charge in [-0.1, -0.05) is 29.8 Å². The Morgan fingerprint density at radius 1 is 0.871 bits per heavy atom. The third-order valence-corrected chi connectivity index (χ3v) is 6.39. The summed E-state index contributed by atoms with van der Waals surface area (Å²) >= 11 is 0. The van der Waals surface area contributed by atoms with Crippen molar-refractivity contribution in [1.82, 2.24) is 4.31 Å². The molecular formula is C23H24N4O3S. The lowest BCUT2D eigenvalue weighted by Gasteiger charge is -2.13. The number of benzene rings is 3. The maximum atomic E-state index is 12.8. The zero-order valence-corrected chi connectivity index (χ0v) is 18.6. The molecular weight excluding hydrogens is 412 g/mol. The highest BCUT2D eigenvalue weighted by molar-refractivity contribution is 7.89. The van der Waals surface area contributed by atoms with Gasteiger partial charge in [-0.2, -0.15) is 5.11 Å². The van der Waals surface area contributed by atoms with Crippen LogP contribution in [0.2, 0.25) is 0 Å². The van der Waals surface area contributed by atoms with Gasteiger partial charge in [-0.3, -0.25) is 4.79 Å². The molecule has 0 aliphatic rings. The number of amides is 1. The number of nitrogens with zero attached hydrogens (tertiary/aromatic N) is 3. The van der Waals surface area contributed by atoms with Crippen molar-refractivity contribution in [3.8, 4) is 0 Å². The summed E-state index contributed by atoms with van der Waals surface area (Å²) in [6, 6.07) is 19.0. The number of anilines is 1. The average molecular weight is 437 g/mol. The molecule has 8 heteroatoms. The molecule has 0 atom stereocenters. The van der Waals surface area contributed by atoms with E-state index in [1.54, 1.807) is 18.2 Å². The van der Waals surface area contributed by atoms with E-state index in [1.807, 2.05) is 50.2 Å². The molecule has 1 N–H and O–H groups in total. The molecule has 0 heterocycles. The van der Waals surface area contributed by atoms with Crippen LogP contribution in [0.3, 0.4) is 0 Å². The highest BCUT2D eigenvalue weighted by atomic mass is 32.2. The van der Waals surface area contributed by atoms with Crippen LogP contribution in [0.4, 0.5) is 17.1 Å². The van der Waals surface area contributed by atoms with Crippen molar-refractivity contribution in [2.75, 3.05) is 19.4 Å². The second-order valence-electron chi connectivity index (χ2n) is 7.33. The van der Waals surface area contributed by atoms with E-state index < -0.39 is 15.9 Å². The molecule has 0 saturated carbocycles. The van der Waals surface area contributed by atoms with Crippen LogP contribution in [-0.4, -0.2) is 32.7 Å². The summed E-state index contributed by atoms with van der Waals surface area (Å²) in [4.78, 5) is 12.9. The smallest absolute Gasteiger partial charge is 0.255 e. The number of aryl methyl sites for hydroxylation is 2. The fourth-order valence-corrected chi connectivity index (χ4v) is 3.70. The Kier molecular flexibility index (Phi) is 6.62. The molecule has 31 heavy (non-hydrogen) atoms. The van der Waals surface area contributed by atoms with Gasteiger partial charge in [0.2, 0.25) is 10.0 Å². The van der Waals surface area contributed by atoms with E-state index in [4.69, 9.17) is 0 Å². The largest absolute Gasteiger partial charge is 0.320 e. The van der Waals surface area contributed by atoms with Gasteiger partial charge in [0.1, 0.15) is 5.69 Å². The van der Waals surface area contributed by atoms with Crippen LogP contribution < -0.4 is 5.32 Å². The van der Waals surface area contributed by atoms with Crippen LogP contribution in [-0.2, 0) is 10.0 Å². The normalized spacial score (nSPS) is 11.8. The molecule has 0 radical (unpaired) electrons. The molecule has 0 saturated heterocycles. The fraction of sp³-hybridized carbons (Fsp3) is 0.174. The lowest BCUT2D eigenvalue weighted by Crippen LogP contribution is -2.22. The first-order chi connectivity index (χ1) is 14.7. The molecule has 0 unspecified atom stereocenters. The molecule has 7 nitrogen and oxygen atoms in total. The summed E-state index contributed by atoms with van der Waals surface area (Å²) in [5.41, 5.74) is 4.00. The molecule has 0 aliphatic carbocycles. The Labute approximate surface area is 182 Å². The summed E-state index contributed by atoms with van der Waals surface area (Å²) in [5.74, 6) is -0.438. The van der Waals surface area contributed by atoms with Crippen LogP contribution in [0.1, 0.15) is 21.5 Å². The first kappa shape index (κ1) is 22.3. The van der Waals surface area contributed by atoms with Crippen LogP contribution in [0.15, 0.2) is 81.9 Å². The highest BCUT2D eigenvalue weighted by Crippen LogP contribution is 2.29. The maximum Gasteiger partial charge on any atom is 0.255 e. The summed E-state index contributed by atoms with van der Waals surface area (Å²) in [6.45, 7) is 3.92. The van der Waals surface area contributed by atoms with Gasteiger partial charge in [0.15, 0.2) is 0 Å². The van der Waals surface area contributed by atoms with E-state index in [9.17, 15) is 13.2 Å². The first-order valence-corrected chi connectivity index (χ1v) is 11.0. The van der Waals surface area contributed by atoms with Gasteiger partial charge in [0.05, 0.1) is 16.3 Å². The predicted molar refractivity (Wildman–Crippen MR) is 122 cm³/mol. The number of carbonyl (C=O) groups is 1. The second-order valence-corrected chi connectivity index (χ2v) is 9.48. The minimum atomic E-state index is -3.64. The van der Waals surface area contributed by atoms with Gasteiger partial charge in [-0.05, 0) is 61.9 Å². The average Bonchev–Trinajstić information content (AvgIpc) is 2.75. The van der Waals surface area contributed by atoms with Crippen molar-refractivity contribution in [3.05, 3.63) is 83.4 Å². The molecule has 3 aromatic rings. The zero-order chi connectivity index (χ0) is 22.6. The molecule has 0 aromatic heterocycles. The molecule has 0 aliphatic heterocycles. The van der Waals surface area contributed by atoms with E-state index in [0.29, 0.717) is 17.1 Å². The number of hydrogen-bond donors (Lipinski definition) is 1. The topological polar surface area (TPSA) is 91.2 Å². The van der Waals surface area contributed by atoms with Gasteiger partial charge in [0, 0.05) is 19.7 Å². The second kappa shape index (κ2) is 9.20. The van der Waals surface area contributed by atoms with Gasteiger partial charge in [-0.25, -0.2) is 12.7 Å². The number of rotatable bonds is 6. The predicted octanol–water partition coefficient (Wildman–Crippen LogP) is 5.22. The van der Waals surface area contributed by atoms with Crippen molar-refractivity contribution in [3.63, 3.8) is 0 Å². The lowest BCUT2D eigenvalue weighted by atomic mass is 10.1. The van der Waals surface area contributed by atoms with Crippen molar-refractivity contribution in [1.29, 1.82) is 0 Å². The third kappa shape index (κ3) is 5.42. The minimum Gasteiger partial charge on any atom is -0.320 e. The molecule has 0 spiro atoms. The Morgan fingerprint density at radius 3 is 2.23 bits per heavy atom. The van der Waals surface area contributed by atoms with Gasteiger partial charge < -0.3 is 5.32 Å². The van der Waals surface area contributed by atoms with Crippen molar-refractivity contribution in [2.45, 2.75) is 18.7 Å². The van der Waals surface area contributed by atoms with Crippen LogP contribution in [0.5, 0.6) is 0 Å². The highest BCUT2D eigenvalue weighted by Gasteiger charge is 2.19. The summed E-state index contributed by atoms with van der Waals surface area (Å²) in [6.07, 6.45) is 0. The SMILES string of the molecule is Cc1ccc(N=Nc2cc(C)ccc2NC(=O)c2cccc(S(=O)(=O)N(C)C)c2)cc1. The van der Waals surface area contributed by atoms with Crippen LogP contribution in [0.25, 0.3) is 0 Å². The lowest BCUT2D eigenvalue weighted by molar-refractivity contribution is 0.102. The number of carbonyl (C=O) groups excluding carboxylic acids is 1. The van der Waals surface area contributed by atoms with Crippen molar-refractivity contribution < 1.29 is 13.2 Å². The Hall–Kier alpha value is -3.36. The molecule has 3 rings (SSSR count). The van der Waals surface area contributed by atoms with Crippen LogP contribution in [0, 0.1) is 13.8 Å². The molecule has 0 fully saturated rings. The number of sulfonamides is 1. The number of azo groups is 1. The fourth-order valence-electron chi connectivity index (χ4n) is 2.76. The Bertz CT molecular complexity index is 1230. The van der Waals surface area contributed by atoms with Gasteiger partial charge in [-0.15, -0.1) is 5.11 Å². The quantitative estimate of drug-likeness (QED) is 0.537. The summed E-state index contributed by atoms with van der Waals surface area (Å²) < 4.78 is 25.8. The van der Waals surface area contributed by atoms with Crippen molar-refractivity contribution >= 4 is 33.0 Å². The Morgan fingerprint density at radius 2 is 1.55 bits per heavy atom. The van der Waals surface area contributed by atoms with E-state index in [1.165, 1.54) is 26.2 Å².